The van der Waals surface area contributed by atoms with Gasteiger partial charge in [-0.1, -0.05) is 6.42 Å². The molecule has 2 aromatic carbocycles. The van der Waals surface area contributed by atoms with Gasteiger partial charge in [-0.2, -0.15) is 0 Å². The van der Waals surface area contributed by atoms with Gasteiger partial charge in [0, 0.05) is 5.69 Å². The van der Waals surface area contributed by atoms with Gasteiger partial charge in [-0.25, -0.2) is 4.79 Å². The van der Waals surface area contributed by atoms with Gasteiger partial charge >= 0.3 is 5.97 Å². The van der Waals surface area contributed by atoms with E-state index in [0.29, 0.717) is 17.4 Å². The van der Waals surface area contributed by atoms with Crippen LogP contribution < -0.4 is 10.1 Å². The van der Waals surface area contributed by atoms with Crippen molar-refractivity contribution in [1.82, 2.24) is 0 Å². The Kier molecular flexibility index (Phi) is 4.14. The lowest BCUT2D eigenvalue weighted by atomic mass is 9.75. The van der Waals surface area contributed by atoms with E-state index in [2.05, 4.69) is 17.4 Å². The predicted octanol–water partition coefficient (Wildman–Crippen LogP) is 5.06. The Morgan fingerprint density at radius 1 is 1.15 bits per heavy atom. The van der Waals surface area contributed by atoms with E-state index < -0.39 is 5.97 Å². The highest BCUT2D eigenvalue weighted by molar-refractivity contribution is 5.88. The van der Waals surface area contributed by atoms with E-state index in [0.717, 1.165) is 16.9 Å². The van der Waals surface area contributed by atoms with E-state index in [1.54, 1.807) is 19.2 Å². The number of rotatable bonds is 3. The molecule has 0 saturated heterocycles. The summed E-state index contributed by atoms with van der Waals surface area (Å²) in [7, 11) is 1.71. The van der Waals surface area contributed by atoms with Crippen LogP contribution in [0.25, 0.3) is 0 Å². The molecule has 1 aliphatic heterocycles. The fraction of sp³-hybridized carbons (Fsp3) is 0.409. The van der Waals surface area contributed by atoms with Crippen molar-refractivity contribution in [3.8, 4) is 5.75 Å². The van der Waals surface area contributed by atoms with E-state index in [4.69, 9.17) is 4.74 Å². The lowest BCUT2D eigenvalue weighted by Gasteiger charge is -2.39. The molecule has 4 rings (SSSR count). The van der Waals surface area contributed by atoms with Crippen molar-refractivity contribution in [3.63, 3.8) is 0 Å². The predicted molar refractivity (Wildman–Crippen MR) is 102 cm³/mol. The zero-order valence-corrected chi connectivity index (χ0v) is 15.5. The third-order valence-electron chi connectivity index (χ3n) is 6.12. The van der Waals surface area contributed by atoms with Crippen molar-refractivity contribution in [2.75, 3.05) is 12.4 Å². The highest BCUT2D eigenvalue weighted by Crippen LogP contribution is 2.54. The minimum absolute atomic E-state index is 0.228. The third kappa shape index (κ3) is 2.64. The Balaban J connectivity index is 1.80. The van der Waals surface area contributed by atoms with Crippen LogP contribution in [-0.2, 0) is 0 Å². The molecule has 0 bridgehead atoms. The maximum absolute atomic E-state index is 11.4. The van der Waals surface area contributed by atoms with Gasteiger partial charge in [-0.3, -0.25) is 0 Å². The number of methoxy groups -OCH3 is 1. The number of carboxylic acid groups (broad SMARTS) is 1. The van der Waals surface area contributed by atoms with Gasteiger partial charge < -0.3 is 15.2 Å². The normalized spacial score (nSPS) is 23.7. The molecule has 4 heteroatoms. The number of ether oxygens (including phenoxy) is 1. The number of benzene rings is 2. The molecule has 3 atom stereocenters. The molecular weight excluding hydrogens is 326 g/mol. The van der Waals surface area contributed by atoms with Crippen molar-refractivity contribution < 1.29 is 14.6 Å². The lowest BCUT2D eigenvalue weighted by molar-refractivity contribution is 0.0696. The third-order valence-corrected chi connectivity index (χ3v) is 6.12. The summed E-state index contributed by atoms with van der Waals surface area (Å²) in [4.78, 5) is 11.4. The van der Waals surface area contributed by atoms with E-state index in [9.17, 15) is 9.90 Å². The first-order valence-corrected chi connectivity index (χ1v) is 9.28. The van der Waals surface area contributed by atoms with Crippen molar-refractivity contribution in [2.45, 2.75) is 45.1 Å². The Labute approximate surface area is 154 Å². The Bertz CT molecular complexity index is 851. The summed E-state index contributed by atoms with van der Waals surface area (Å²) >= 11 is 0. The molecule has 2 aromatic rings. The van der Waals surface area contributed by atoms with Gasteiger partial charge in [0.15, 0.2) is 0 Å². The second-order valence-electron chi connectivity index (χ2n) is 7.61. The average Bonchev–Trinajstić information content (AvgIpc) is 3.10. The Morgan fingerprint density at radius 3 is 2.54 bits per heavy atom. The standard InChI is InChI=1S/C22H25NO3/c1-12-9-14(22(24)25)10-13(2)20(12)21-17-6-4-5-16(17)18-11-15(26-3)7-8-19(18)23-21/h7-11,16-17,21,23H,4-6H2,1-3H3,(H,24,25)/t16-,17+,21+/m1/s1. The van der Waals surface area contributed by atoms with Crippen molar-refractivity contribution in [3.05, 3.63) is 58.1 Å². The maximum atomic E-state index is 11.4. The van der Waals surface area contributed by atoms with Crippen molar-refractivity contribution in [2.24, 2.45) is 5.92 Å². The van der Waals surface area contributed by atoms with Crippen LogP contribution >= 0.6 is 0 Å². The summed E-state index contributed by atoms with van der Waals surface area (Å²) in [6, 6.07) is 10.1. The first kappa shape index (κ1) is 17.0. The van der Waals surface area contributed by atoms with Crippen LogP contribution in [0.15, 0.2) is 30.3 Å². The number of aryl methyl sites for hydroxylation is 2. The fourth-order valence-electron chi connectivity index (χ4n) is 5.03. The first-order valence-electron chi connectivity index (χ1n) is 9.28. The number of nitrogens with one attached hydrogen (secondary N) is 1. The zero-order chi connectivity index (χ0) is 18.4. The quantitative estimate of drug-likeness (QED) is 0.811. The monoisotopic (exact) mass is 351 g/mol. The number of hydrogen-bond acceptors (Lipinski definition) is 3. The van der Waals surface area contributed by atoms with E-state index in [1.165, 1.54) is 36.1 Å². The first-order chi connectivity index (χ1) is 12.5. The SMILES string of the molecule is COc1ccc2c(c1)[C@@H]1CCC[C@@H]1[C@@H](c1c(C)cc(C(=O)O)cc1C)N2. The molecule has 0 radical (unpaired) electrons. The summed E-state index contributed by atoms with van der Waals surface area (Å²) in [5.74, 6) is 1.11. The molecule has 1 fully saturated rings. The minimum Gasteiger partial charge on any atom is -0.497 e. The molecule has 2 aliphatic rings. The molecule has 0 unspecified atom stereocenters. The fourth-order valence-corrected chi connectivity index (χ4v) is 5.03. The number of fused-ring (bicyclic) bond motifs is 3. The Morgan fingerprint density at radius 2 is 1.88 bits per heavy atom. The van der Waals surface area contributed by atoms with Crippen LogP contribution in [0.1, 0.15) is 63.8 Å². The molecular formula is C22H25NO3. The van der Waals surface area contributed by atoms with Crippen LogP contribution in [0.5, 0.6) is 5.75 Å². The topological polar surface area (TPSA) is 58.6 Å². The second kappa shape index (κ2) is 6.35. The second-order valence-corrected chi connectivity index (χ2v) is 7.61. The Hall–Kier alpha value is -2.49. The molecule has 136 valence electrons. The summed E-state index contributed by atoms with van der Waals surface area (Å²) in [5.41, 5.74) is 6.28. The molecule has 0 amide bonds. The van der Waals surface area contributed by atoms with Gasteiger partial charge in [0.1, 0.15) is 5.75 Å². The maximum Gasteiger partial charge on any atom is 0.335 e. The molecule has 2 N–H and O–H groups in total. The molecule has 1 aliphatic carbocycles. The molecule has 0 spiro atoms. The van der Waals surface area contributed by atoms with Gasteiger partial charge in [-0.15, -0.1) is 0 Å². The number of aromatic carboxylic acids is 1. The van der Waals surface area contributed by atoms with E-state index in [-0.39, 0.29) is 6.04 Å². The minimum atomic E-state index is -0.865. The summed E-state index contributed by atoms with van der Waals surface area (Å²) in [6.45, 7) is 4.06. The highest BCUT2D eigenvalue weighted by Gasteiger charge is 2.41. The largest absolute Gasteiger partial charge is 0.497 e. The lowest BCUT2D eigenvalue weighted by Crippen LogP contribution is -2.30. The number of hydrogen-bond donors (Lipinski definition) is 2. The van der Waals surface area contributed by atoms with E-state index >= 15 is 0 Å². The molecule has 26 heavy (non-hydrogen) atoms. The number of carboxylic acids is 1. The van der Waals surface area contributed by atoms with Gasteiger partial charge in [0.2, 0.25) is 0 Å². The molecule has 4 nitrogen and oxygen atoms in total. The van der Waals surface area contributed by atoms with Crippen LogP contribution in [0, 0.1) is 19.8 Å². The van der Waals surface area contributed by atoms with Gasteiger partial charge in [0.25, 0.3) is 0 Å². The number of carbonyl (C=O) groups is 1. The van der Waals surface area contributed by atoms with Gasteiger partial charge in [0.05, 0.1) is 18.7 Å². The zero-order valence-electron chi connectivity index (χ0n) is 15.5. The van der Waals surface area contributed by atoms with E-state index in [1.807, 2.05) is 19.9 Å². The van der Waals surface area contributed by atoms with Gasteiger partial charge in [-0.05, 0) is 91.1 Å². The van der Waals surface area contributed by atoms with Crippen LogP contribution in [0.2, 0.25) is 0 Å². The average molecular weight is 351 g/mol. The van der Waals surface area contributed by atoms with Crippen LogP contribution in [0.3, 0.4) is 0 Å². The number of anilines is 1. The summed E-state index contributed by atoms with van der Waals surface area (Å²) in [6.07, 6.45) is 3.63. The highest BCUT2D eigenvalue weighted by atomic mass is 16.5. The van der Waals surface area contributed by atoms with Crippen molar-refractivity contribution in [1.29, 1.82) is 0 Å². The summed E-state index contributed by atoms with van der Waals surface area (Å²) in [5, 5.41) is 13.1. The molecule has 0 aromatic heterocycles. The van der Waals surface area contributed by atoms with Crippen LogP contribution in [0.4, 0.5) is 5.69 Å². The smallest absolute Gasteiger partial charge is 0.335 e. The summed E-state index contributed by atoms with van der Waals surface area (Å²) < 4.78 is 5.43. The van der Waals surface area contributed by atoms with Crippen LogP contribution in [-0.4, -0.2) is 18.2 Å². The molecule has 1 saturated carbocycles. The van der Waals surface area contributed by atoms with Crippen molar-refractivity contribution >= 4 is 11.7 Å². The molecule has 1 heterocycles.